The Morgan fingerprint density at radius 3 is 2.52 bits per heavy atom. The van der Waals surface area contributed by atoms with E-state index in [9.17, 15) is 15.0 Å². The zero-order valence-electron chi connectivity index (χ0n) is 12.0. The summed E-state index contributed by atoms with van der Waals surface area (Å²) in [6.07, 6.45) is 1.40. The van der Waals surface area contributed by atoms with Crippen LogP contribution in [-0.2, 0) is 16.8 Å². The van der Waals surface area contributed by atoms with Crippen LogP contribution in [0.5, 0.6) is 0 Å². The van der Waals surface area contributed by atoms with E-state index in [1.54, 1.807) is 0 Å². The van der Waals surface area contributed by atoms with Gasteiger partial charge in [0.2, 0.25) is 0 Å². The molecule has 1 saturated carbocycles. The second-order valence-corrected chi connectivity index (χ2v) is 5.73. The summed E-state index contributed by atoms with van der Waals surface area (Å²) in [4.78, 5) is 11.5. The third kappa shape index (κ3) is 2.24. The van der Waals surface area contributed by atoms with Crippen molar-refractivity contribution in [3.63, 3.8) is 0 Å². The lowest BCUT2D eigenvalue weighted by Gasteiger charge is -2.14. The van der Waals surface area contributed by atoms with Crippen LogP contribution in [0.3, 0.4) is 0 Å². The van der Waals surface area contributed by atoms with Crippen LogP contribution in [0.1, 0.15) is 29.5 Å². The SMILES string of the molecule is Cc1cccc(-c2cccc(C3(C(=O)O)CC3)c2)c1CO. The van der Waals surface area contributed by atoms with Gasteiger partial charge in [0.05, 0.1) is 12.0 Å². The predicted molar refractivity (Wildman–Crippen MR) is 81.1 cm³/mol. The fourth-order valence-corrected chi connectivity index (χ4v) is 2.92. The molecule has 108 valence electrons. The molecule has 1 aliphatic carbocycles. The van der Waals surface area contributed by atoms with Crippen LogP contribution in [0.4, 0.5) is 0 Å². The average molecular weight is 282 g/mol. The van der Waals surface area contributed by atoms with Gasteiger partial charge in [0.25, 0.3) is 0 Å². The largest absolute Gasteiger partial charge is 0.481 e. The highest BCUT2D eigenvalue weighted by Crippen LogP contribution is 2.49. The second kappa shape index (κ2) is 5.01. The van der Waals surface area contributed by atoms with Crippen LogP contribution in [-0.4, -0.2) is 16.2 Å². The van der Waals surface area contributed by atoms with E-state index in [1.807, 2.05) is 49.4 Å². The highest BCUT2D eigenvalue weighted by Gasteiger charge is 2.51. The molecule has 21 heavy (non-hydrogen) atoms. The van der Waals surface area contributed by atoms with Crippen molar-refractivity contribution in [2.24, 2.45) is 0 Å². The lowest BCUT2D eigenvalue weighted by molar-refractivity contribution is -0.140. The third-order valence-corrected chi connectivity index (χ3v) is 4.45. The Morgan fingerprint density at radius 1 is 1.19 bits per heavy atom. The first-order chi connectivity index (χ1) is 10.1. The van der Waals surface area contributed by atoms with E-state index < -0.39 is 11.4 Å². The summed E-state index contributed by atoms with van der Waals surface area (Å²) < 4.78 is 0. The van der Waals surface area contributed by atoms with Gasteiger partial charge >= 0.3 is 5.97 Å². The summed E-state index contributed by atoms with van der Waals surface area (Å²) in [6, 6.07) is 13.6. The quantitative estimate of drug-likeness (QED) is 0.905. The molecule has 0 atom stereocenters. The van der Waals surface area contributed by atoms with Gasteiger partial charge in [-0.05, 0) is 53.6 Å². The molecule has 0 unspecified atom stereocenters. The Labute approximate surface area is 123 Å². The number of hydrogen-bond donors (Lipinski definition) is 2. The number of carboxylic acid groups (broad SMARTS) is 1. The highest BCUT2D eigenvalue weighted by molar-refractivity contribution is 5.85. The van der Waals surface area contributed by atoms with Gasteiger partial charge in [0.15, 0.2) is 0 Å². The molecule has 0 bridgehead atoms. The Kier molecular flexibility index (Phi) is 3.30. The van der Waals surface area contributed by atoms with Gasteiger partial charge in [-0.1, -0.05) is 36.4 Å². The van der Waals surface area contributed by atoms with E-state index in [0.29, 0.717) is 12.8 Å². The minimum Gasteiger partial charge on any atom is -0.481 e. The topological polar surface area (TPSA) is 57.5 Å². The molecule has 0 amide bonds. The van der Waals surface area contributed by atoms with Gasteiger partial charge in [-0.3, -0.25) is 4.79 Å². The van der Waals surface area contributed by atoms with Gasteiger partial charge < -0.3 is 10.2 Å². The lowest BCUT2D eigenvalue weighted by Crippen LogP contribution is -2.19. The number of carbonyl (C=O) groups is 1. The Bertz CT molecular complexity index is 699. The summed E-state index contributed by atoms with van der Waals surface area (Å²) in [5.74, 6) is -0.744. The van der Waals surface area contributed by atoms with Crippen molar-refractivity contribution in [1.82, 2.24) is 0 Å². The van der Waals surface area contributed by atoms with Crippen molar-refractivity contribution in [2.45, 2.75) is 31.8 Å². The number of aryl methyl sites for hydroxylation is 1. The van der Waals surface area contributed by atoms with E-state index in [4.69, 9.17) is 0 Å². The molecule has 3 heteroatoms. The third-order valence-electron chi connectivity index (χ3n) is 4.45. The number of hydrogen-bond acceptors (Lipinski definition) is 2. The molecule has 0 aliphatic heterocycles. The van der Waals surface area contributed by atoms with Crippen LogP contribution < -0.4 is 0 Å². The fraction of sp³-hybridized carbons (Fsp3) is 0.278. The summed E-state index contributed by atoms with van der Waals surface area (Å²) in [5.41, 5.74) is 4.04. The molecule has 2 aromatic carbocycles. The molecule has 0 saturated heterocycles. The molecule has 3 nitrogen and oxygen atoms in total. The lowest BCUT2D eigenvalue weighted by atomic mass is 9.90. The highest BCUT2D eigenvalue weighted by atomic mass is 16.4. The normalized spacial score (nSPS) is 15.7. The van der Waals surface area contributed by atoms with Crippen molar-refractivity contribution in [1.29, 1.82) is 0 Å². The first-order valence-corrected chi connectivity index (χ1v) is 7.12. The Morgan fingerprint density at radius 2 is 1.90 bits per heavy atom. The van der Waals surface area contributed by atoms with Crippen LogP contribution in [0, 0.1) is 6.92 Å². The van der Waals surface area contributed by atoms with Gasteiger partial charge in [-0.15, -0.1) is 0 Å². The standard InChI is InChI=1S/C18H18O3/c1-12-4-2-7-15(16(12)11-19)13-5-3-6-14(10-13)18(8-9-18)17(20)21/h2-7,10,19H,8-9,11H2,1H3,(H,20,21). The molecule has 0 spiro atoms. The fourth-order valence-electron chi connectivity index (χ4n) is 2.92. The number of aliphatic hydroxyl groups excluding tert-OH is 1. The van der Waals surface area contributed by atoms with Crippen molar-refractivity contribution >= 4 is 5.97 Å². The first-order valence-electron chi connectivity index (χ1n) is 7.12. The zero-order chi connectivity index (χ0) is 15.0. The molecule has 0 aromatic heterocycles. The maximum absolute atomic E-state index is 11.5. The molecule has 0 heterocycles. The van der Waals surface area contributed by atoms with Crippen molar-refractivity contribution in [3.05, 3.63) is 59.2 Å². The molecule has 1 fully saturated rings. The molecule has 0 radical (unpaired) electrons. The molecular weight excluding hydrogens is 264 g/mol. The summed E-state index contributed by atoms with van der Waals surface area (Å²) >= 11 is 0. The van der Waals surface area contributed by atoms with Crippen molar-refractivity contribution < 1.29 is 15.0 Å². The van der Waals surface area contributed by atoms with Crippen LogP contribution in [0.25, 0.3) is 11.1 Å². The summed E-state index contributed by atoms with van der Waals surface area (Å²) in [5, 5.41) is 19.0. The maximum Gasteiger partial charge on any atom is 0.314 e. The average Bonchev–Trinajstić information content (AvgIpc) is 3.29. The van der Waals surface area contributed by atoms with Gasteiger partial charge in [0.1, 0.15) is 0 Å². The van der Waals surface area contributed by atoms with E-state index in [1.165, 1.54) is 0 Å². The van der Waals surface area contributed by atoms with E-state index in [-0.39, 0.29) is 6.61 Å². The van der Waals surface area contributed by atoms with Crippen molar-refractivity contribution in [2.75, 3.05) is 0 Å². The minimum absolute atomic E-state index is 0.0176. The second-order valence-electron chi connectivity index (χ2n) is 5.73. The van der Waals surface area contributed by atoms with Gasteiger partial charge in [-0.25, -0.2) is 0 Å². The molecular formula is C18H18O3. The van der Waals surface area contributed by atoms with Gasteiger partial charge in [-0.2, -0.15) is 0 Å². The minimum atomic E-state index is -0.744. The van der Waals surface area contributed by atoms with Crippen LogP contribution >= 0.6 is 0 Å². The molecule has 2 N–H and O–H groups in total. The number of carboxylic acids is 1. The monoisotopic (exact) mass is 282 g/mol. The number of aliphatic carboxylic acids is 1. The van der Waals surface area contributed by atoms with Crippen LogP contribution in [0.15, 0.2) is 42.5 Å². The summed E-state index contributed by atoms with van der Waals surface area (Å²) in [7, 11) is 0. The van der Waals surface area contributed by atoms with Crippen molar-refractivity contribution in [3.8, 4) is 11.1 Å². The smallest absolute Gasteiger partial charge is 0.314 e. The number of benzene rings is 2. The number of aliphatic hydroxyl groups is 1. The number of rotatable bonds is 4. The van der Waals surface area contributed by atoms with E-state index in [0.717, 1.165) is 27.8 Å². The van der Waals surface area contributed by atoms with Crippen LogP contribution in [0.2, 0.25) is 0 Å². The first kappa shape index (κ1) is 13.8. The predicted octanol–water partition coefficient (Wildman–Crippen LogP) is 3.27. The maximum atomic E-state index is 11.5. The van der Waals surface area contributed by atoms with Gasteiger partial charge in [0, 0.05) is 0 Å². The Balaban J connectivity index is 2.09. The summed E-state index contributed by atoms with van der Waals surface area (Å²) in [6.45, 7) is 1.95. The molecule has 3 rings (SSSR count). The molecule has 2 aromatic rings. The molecule has 1 aliphatic rings. The van der Waals surface area contributed by atoms with E-state index in [2.05, 4.69) is 0 Å². The van der Waals surface area contributed by atoms with E-state index >= 15 is 0 Å². The zero-order valence-corrected chi connectivity index (χ0v) is 12.0. The Hall–Kier alpha value is -2.13.